The molecular formula is C22H26N2O11. The Balaban J connectivity index is 1.61. The highest BCUT2D eigenvalue weighted by molar-refractivity contribution is 5.49. The number of fused-ring (bicyclic) bond motifs is 2. The molecule has 190 valence electrons. The van der Waals surface area contributed by atoms with Crippen molar-refractivity contribution in [2.45, 2.75) is 0 Å². The van der Waals surface area contributed by atoms with E-state index in [4.69, 9.17) is 33.2 Å². The maximum absolute atomic E-state index is 11.1. The van der Waals surface area contributed by atoms with Gasteiger partial charge in [-0.25, -0.2) is 0 Å². The highest BCUT2D eigenvalue weighted by atomic mass is 16.6. The van der Waals surface area contributed by atoms with E-state index in [0.29, 0.717) is 24.7 Å². The molecule has 13 heteroatoms. The van der Waals surface area contributed by atoms with Crippen LogP contribution in [0.4, 0.5) is 11.4 Å². The third-order valence-electron chi connectivity index (χ3n) is 4.59. The molecule has 0 saturated carbocycles. The number of nitro groups is 2. The van der Waals surface area contributed by atoms with Gasteiger partial charge in [-0.1, -0.05) is 0 Å². The van der Waals surface area contributed by atoms with E-state index in [0.717, 1.165) is 0 Å². The normalized spacial score (nSPS) is 16.5. The first-order valence-electron chi connectivity index (χ1n) is 10.9. The van der Waals surface area contributed by atoms with Crippen LogP contribution in [-0.4, -0.2) is 75.9 Å². The Morgan fingerprint density at radius 1 is 0.486 bits per heavy atom. The monoisotopic (exact) mass is 494 g/mol. The minimum atomic E-state index is -0.514. The third-order valence-corrected chi connectivity index (χ3v) is 4.59. The molecule has 0 bridgehead atoms. The quantitative estimate of drug-likeness (QED) is 0.448. The van der Waals surface area contributed by atoms with Gasteiger partial charge in [-0.3, -0.25) is 20.2 Å². The molecule has 0 atom stereocenters. The van der Waals surface area contributed by atoms with Gasteiger partial charge in [0.2, 0.25) is 0 Å². The van der Waals surface area contributed by atoms with E-state index in [1.165, 1.54) is 36.4 Å². The molecule has 1 aliphatic rings. The fraction of sp³-hybridized carbons (Fsp3) is 0.455. The number of rotatable bonds is 2. The van der Waals surface area contributed by atoms with E-state index >= 15 is 0 Å². The number of nitrogens with zero attached hydrogens (tertiary/aromatic N) is 2. The molecule has 1 heterocycles. The predicted octanol–water partition coefficient (Wildman–Crippen LogP) is 2.78. The minimum absolute atomic E-state index is 0.117. The van der Waals surface area contributed by atoms with Gasteiger partial charge in [0.15, 0.2) is 23.0 Å². The Bertz CT molecular complexity index is 908. The van der Waals surface area contributed by atoms with E-state index in [1.807, 2.05) is 0 Å². The van der Waals surface area contributed by atoms with Gasteiger partial charge >= 0.3 is 0 Å². The van der Waals surface area contributed by atoms with E-state index in [1.54, 1.807) is 0 Å². The van der Waals surface area contributed by atoms with Crippen LogP contribution < -0.4 is 18.9 Å². The van der Waals surface area contributed by atoms with Crippen LogP contribution in [0, 0.1) is 20.2 Å². The molecule has 0 unspecified atom stereocenters. The summed E-state index contributed by atoms with van der Waals surface area (Å²) >= 11 is 0. The van der Waals surface area contributed by atoms with Crippen LogP contribution in [0.2, 0.25) is 0 Å². The predicted molar refractivity (Wildman–Crippen MR) is 121 cm³/mol. The molecule has 0 amide bonds. The van der Waals surface area contributed by atoms with Gasteiger partial charge in [0, 0.05) is 12.1 Å². The van der Waals surface area contributed by atoms with Crippen molar-refractivity contribution in [1.82, 2.24) is 0 Å². The van der Waals surface area contributed by atoms with Gasteiger partial charge < -0.3 is 33.2 Å². The number of hydrogen-bond donors (Lipinski definition) is 0. The van der Waals surface area contributed by atoms with E-state index in [-0.39, 0.29) is 75.7 Å². The molecule has 2 aromatic carbocycles. The van der Waals surface area contributed by atoms with Crippen molar-refractivity contribution < 1.29 is 43.0 Å². The Hall–Kier alpha value is -3.68. The summed E-state index contributed by atoms with van der Waals surface area (Å²) in [7, 11) is 0. The SMILES string of the molecule is O=[N+]([O-])c1ccc2c(c1)OCCOCCOCCOc1cc([N+](=O)[O-])ccc1OCCOCCO2. The second kappa shape index (κ2) is 13.9. The van der Waals surface area contributed by atoms with E-state index in [9.17, 15) is 20.2 Å². The highest BCUT2D eigenvalue weighted by Crippen LogP contribution is 2.32. The molecule has 35 heavy (non-hydrogen) atoms. The lowest BCUT2D eigenvalue weighted by molar-refractivity contribution is -0.385. The Morgan fingerprint density at radius 2 is 0.800 bits per heavy atom. The number of non-ortho nitro benzene ring substituents is 2. The Labute approximate surface area is 200 Å². The second-order valence-electron chi connectivity index (χ2n) is 7.01. The van der Waals surface area contributed by atoms with Gasteiger partial charge in [0.05, 0.1) is 61.6 Å². The van der Waals surface area contributed by atoms with Crippen molar-refractivity contribution in [2.24, 2.45) is 0 Å². The summed E-state index contributed by atoms with van der Waals surface area (Å²) in [6.45, 7) is 2.18. The zero-order chi connectivity index (χ0) is 24.9. The third kappa shape index (κ3) is 8.55. The Kier molecular flexibility index (Phi) is 10.3. The summed E-state index contributed by atoms with van der Waals surface area (Å²) in [4.78, 5) is 21.1. The summed E-state index contributed by atoms with van der Waals surface area (Å²) in [5, 5.41) is 22.2. The molecule has 0 fully saturated rings. The average Bonchev–Trinajstić information content (AvgIpc) is 2.84. The lowest BCUT2D eigenvalue weighted by Crippen LogP contribution is -2.14. The Morgan fingerprint density at radius 3 is 1.14 bits per heavy atom. The van der Waals surface area contributed by atoms with Crippen molar-refractivity contribution in [3.8, 4) is 23.0 Å². The number of benzene rings is 2. The van der Waals surface area contributed by atoms with Crippen LogP contribution in [0.1, 0.15) is 0 Å². The second-order valence-corrected chi connectivity index (χ2v) is 7.01. The molecule has 0 aliphatic carbocycles. The molecule has 0 radical (unpaired) electrons. The first kappa shape index (κ1) is 25.9. The number of hydrogen-bond acceptors (Lipinski definition) is 11. The summed E-state index contributed by atoms with van der Waals surface area (Å²) in [6, 6.07) is 8.19. The summed E-state index contributed by atoms with van der Waals surface area (Å²) < 4.78 is 38.9. The molecule has 0 aromatic heterocycles. The lowest BCUT2D eigenvalue weighted by atomic mass is 10.3. The van der Waals surface area contributed by atoms with Crippen LogP contribution >= 0.6 is 0 Å². The van der Waals surface area contributed by atoms with Crippen LogP contribution in [0.15, 0.2) is 36.4 Å². The fourth-order valence-electron chi connectivity index (χ4n) is 2.95. The first-order chi connectivity index (χ1) is 17.0. The topological polar surface area (TPSA) is 151 Å². The molecule has 13 nitrogen and oxygen atoms in total. The maximum Gasteiger partial charge on any atom is 0.273 e. The lowest BCUT2D eigenvalue weighted by Gasteiger charge is -2.13. The zero-order valence-electron chi connectivity index (χ0n) is 18.9. The van der Waals surface area contributed by atoms with Gasteiger partial charge in [-0.05, 0) is 12.1 Å². The molecule has 2 aromatic rings. The van der Waals surface area contributed by atoms with Crippen molar-refractivity contribution in [1.29, 1.82) is 0 Å². The standard InChI is InChI=1S/C22H26N2O11/c25-23(26)17-1-3-19-21(15-17)34-13-9-29-5-6-30-10-14-35-22-16-18(24(27)28)2-4-20(22)33-12-8-31-7-11-32-19/h1-4,15-16H,5-14H2. The highest BCUT2D eigenvalue weighted by Gasteiger charge is 2.15. The van der Waals surface area contributed by atoms with Gasteiger partial charge in [0.25, 0.3) is 11.4 Å². The van der Waals surface area contributed by atoms with E-state index < -0.39 is 9.85 Å². The van der Waals surface area contributed by atoms with E-state index in [2.05, 4.69) is 0 Å². The molecule has 3 rings (SSSR count). The molecule has 0 N–H and O–H groups in total. The van der Waals surface area contributed by atoms with Gasteiger partial charge in [0.1, 0.15) is 26.4 Å². The average molecular weight is 494 g/mol. The zero-order valence-corrected chi connectivity index (χ0v) is 18.9. The number of nitro benzene ring substituents is 2. The molecule has 0 saturated heterocycles. The summed E-state index contributed by atoms with van der Waals surface area (Å²) in [5.41, 5.74) is -0.234. The fourth-order valence-corrected chi connectivity index (χ4v) is 2.95. The minimum Gasteiger partial charge on any atom is -0.487 e. The first-order valence-corrected chi connectivity index (χ1v) is 10.9. The molecule has 0 spiro atoms. The van der Waals surface area contributed by atoms with Gasteiger partial charge in [-0.15, -0.1) is 0 Å². The summed E-state index contributed by atoms with van der Waals surface area (Å²) in [6.07, 6.45) is 0. The van der Waals surface area contributed by atoms with Crippen molar-refractivity contribution in [3.63, 3.8) is 0 Å². The van der Waals surface area contributed by atoms with Crippen molar-refractivity contribution >= 4 is 11.4 Å². The number of ether oxygens (including phenoxy) is 7. The smallest absolute Gasteiger partial charge is 0.273 e. The largest absolute Gasteiger partial charge is 0.487 e. The van der Waals surface area contributed by atoms with Crippen LogP contribution in [0.25, 0.3) is 0 Å². The molecule has 1 aliphatic heterocycles. The molecular weight excluding hydrogens is 468 g/mol. The van der Waals surface area contributed by atoms with Crippen LogP contribution in [0.5, 0.6) is 23.0 Å². The van der Waals surface area contributed by atoms with Crippen molar-refractivity contribution in [2.75, 3.05) is 66.1 Å². The van der Waals surface area contributed by atoms with Crippen molar-refractivity contribution in [3.05, 3.63) is 56.6 Å². The maximum atomic E-state index is 11.1. The van der Waals surface area contributed by atoms with Crippen LogP contribution in [0.3, 0.4) is 0 Å². The van der Waals surface area contributed by atoms with Gasteiger partial charge in [-0.2, -0.15) is 0 Å². The summed E-state index contributed by atoms with van der Waals surface area (Å²) in [5.74, 6) is 1.15. The van der Waals surface area contributed by atoms with Crippen LogP contribution in [-0.2, 0) is 14.2 Å².